The lowest BCUT2D eigenvalue weighted by Gasteiger charge is -2.22. The Bertz CT molecular complexity index is 713. The maximum absolute atomic E-state index is 12.4. The fourth-order valence-corrected chi connectivity index (χ4v) is 3.28. The van der Waals surface area contributed by atoms with Gasteiger partial charge >= 0.3 is 5.97 Å². The fourth-order valence-electron chi connectivity index (χ4n) is 1.93. The van der Waals surface area contributed by atoms with E-state index in [-0.39, 0.29) is 23.1 Å². The Morgan fingerprint density at radius 2 is 2.14 bits per heavy atom. The monoisotopic (exact) mass is 314 g/mol. The van der Waals surface area contributed by atoms with Crippen LogP contribution in [-0.2, 0) is 19.6 Å². The first-order valence-electron chi connectivity index (χ1n) is 5.97. The highest BCUT2D eigenvalue weighted by molar-refractivity contribution is 7.89. The Hall–Kier alpha value is -2.13. The number of amides is 1. The zero-order chi connectivity index (χ0) is 15.8. The van der Waals surface area contributed by atoms with Gasteiger partial charge in [-0.15, -0.1) is 0 Å². The Balaban J connectivity index is 2.46. The van der Waals surface area contributed by atoms with Crippen LogP contribution in [0.4, 0.5) is 5.69 Å². The van der Waals surface area contributed by atoms with Crippen molar-refractivity contribution < 1.29 is 27.9 Å². The third-order valence-electron chi connectivity index (χ3n) is 2.96. The number of hydrogen-bond donors (Lipinski definition) is 2. The number of carboxylic acid groups (broad SMARTS) is 1. The van der Waals surface area contributed by atoms with E-state index in [2.05, 4.69) is 5.32 Å². The maximum atomic E-state index is 12.4. The summed E-state index contributed by atoms with van der Waals surface area (Å²) in [4.78, 5) is 21.9. The Morgan fingerprint density at radius 3 is 2.76 bits per heavy atom. The number of fused-ring (bicyclic) bond motifs is 1. The summed E-state index contributed by atoms with van der Waals surface area (Å²) in [6.07, 6.45) is 0. The number of nitrogens with zero attached hydrogens (tertiary/aromatic N) is 1. The molecular formula is C12H14N2O6S. The number of likely N-dealkylation sites (N-methyl/N-ethyl adjacent to an activating group) is 1. The number of hydrogen-bond acceptors (Lipinski definition) is 5. The molecule has 0 spiro atoms. The minimum absolute atomic E-state index is 0.0733. The van der Waals surface area contributed by atoms with Crippen LogP contribution < -0.4 is 10.1 Å². The Morgan fingerprint density at radius 1 is 1.48 bits per heavy atom. The van der Waals surface area contributed by atoms with E-state index in [4.69, 9.17) is 9.84 Å². The first-order chi connectivity index (χ1) is 9.71. The molecule has 2 rings (SSSR count). The van der Waals surface area contributed by atoms with E-state index in [1.807, 2.05) is 0 Å². The fraction of sp³-hybridized carbons (Fsp3) is 0.333. The average molecular weight is 314 g/mol. The van der Waals surface area contributed by atoms with Gasteiger partial charge < -0.3 is 15.2 Å². The van der Waals surface area contributed by atoms with Crippen LogP contribution in [0.3, 0.4) is 0 Å². The molecule has 0 aliphatic carbocycles. The highest BCUT2D eigenvalue weighted by Crippen LogP contribution is 2.33. The van der Waals surface area contributed by atoms with E-state index >= 15 is 0 Å². The lowest BCUT2D eigenvalue weighted by Crippen LogP contribution is -2.33. The highest BCUT2D eigenvalue weighted by Gasteiger charge is 2.27. The van der Waals surface area contributed by atoms with Crippen LogP contribution in [0.5, 0.6) is 5.75 Å². The molecule has 21 heavy (non-hydrogen) atoms. The standard InChI is InChI=1S/C12H14N2O6S/c1-7-3-9-8(13-11(15)6-20-9)4-10(7)21(18,19)14(2)5-12(16)17/h3-4H,5-6H2,1-2H3,(H,13,15)(H,16,17). The van der Waals surface area contributed by atoms with Gasteiger partial charge in [0.15, 0.2) is 6.61 Å². The molecule has 1 heterocycles. The molecule has 0 saturated carbocycles. The molecule has 0 bridgehead atoms. The van der Waals surface area contributed by atoms with Crippen LogP contribution in [0.2, 0.25) is 0 Å². The van der Waals surface area contributed by atoms with Gasteiger partial charge in [0.2, 0.25) is 10.0 Å². The second-order valence-electron chi connectivity index (χ2n) is 4.61. The van der Waals surface area contributed by atoms with Gasteiger partial charge in [0.1, 0.15) is 12.3 Å². The minimum Gasteiger partial charge on any atom is -0.482 e. The molecule has 1 aliphatic rings. The number of anilines is 1. The van der Waals surface area contributed by atoms with Crippen LogP contribution in [0, 0.1) is 6.92 Å². The van der Waals surface area contributed by atoms with Crippen LogP contribution in [0.25, 0.3) is 0 Å². The van der Waals surface area contributed by atoms with Crippen LogP contribution >= 0.6 is 0 Å². The summed E-state index contributed by atoms with van der Waals surface area (Å²) in [6.45, 7) is 0.792. The topological polar surface area (TPSA) is 113 Å². The Kier molecular flexibility index (Phi) is 3.88. The van der Waals surface area contributed by atoms with Gasteiger partial charge in [0.25, 0.3) is 5.91 Å². The molecule has 0 aromatic heterocycles. The summed E-state index contributed by atoms with van der Waals surface area (Å²) >= 11 is 0. The number of rotatable bonds is 4. The molecule has 9 heteroatoms. The number of benzene rings is 1. The van der Waals surface area contributed by atoms with Crippen molar-refractivity contribution in [2.24, 2.45) is 0 Å². The van der Waals surface area contributed by atoms with Crippen molar-refractivity contribution in [1.29, 1.82) is 0 Å². The van der Waals surface area contributed by atoms with E-state index in [1.165, 1.54) is 19.2 Å². The van der Waals surface area contributed by atoms with Gasteiger partial charge in [-0.25, -0.2) is 8.42 Å². The number of carboxylic acids is 1. The molecule has 1 aliphatic heterocycles. The normalized spacial score (nSPS) is 14.3. The van der Waals surface area contributed by atoms with Crippen molar-refractivity contribution in [2.75, 3.05) is 25.5 Å². The number of carbonyl (C=O) groups is 2. The van der Waals surface area contributed by atoms with Gasteiger partial charge in [-0.1, -0.05) is 0 Å². The lowest BCUT2D eigenvalue weighted by molar-refractivity contribution is -0.137. The molecule has 0 unspecified atom stereocenters. The molecule has 0 radical (unpaired) electrons. The van der Waals surface area contributed by atoms with Crippen molar-refractivity contribution in [3.8, 4) is 5.75 Å². The lowest BCUT2D eigenvalue weighted by atomic mass is 10.2. The SMILES string of the molecule is Cc1cc2c(cc1S(=O)(=O)N(C)CC(=O)O)NC(=O)CO2. The maximum Gasteiger partial charge on any atom is 0.318 e. The third kappa shape index (κ3) is 2.98. The predicted octanol–water partition coefficient (Wildman–Crippen LogP) is 0.0310. The summed E-state index contributed by atoms with van der Waals surface area (Å²) in [5.74, 6) is -1.26. The molecule has 114 valence electrons. The average Bonchev–Trinajstić information content (AvgIpc) is 2.37. The number of aliphatic carboxylic acids is 1. The van der Waals surface area contributed by atoms with Gasteiger partial charge in [0, 0.05) is 7.05 Å². The van der Waals surface area contributed by atoms with Gasteiger partial charge in [-0.05, 0) is 24.6 Å². The highest BCUT2D eigenvalue weighted by atomic mass is 32.2. The first kappa shape index (κ1) is 15.3. The summed E-state index contributed by atoms with van der Waals surface area (Å²) < 4.78 is 30.7. The molecule has 0 atom stereocenters. The number of nitrogens with one attached hydrogen (secondary N) is 1. The van der Waals surface area contributed by atoms with Gasteiger partial charge in [-0.3, -0.25) is 9.59 Å². The number of ether oxygens (including phenoxy) is 1. The Labute approximate surface area is 121 Å². The summed E-state index contributed by atoms with van der Waals surface area (Å²) in [5.41, 5.74) is 0.654. The zero-order valence-corrected chi connectivity index (χ0v) is 12.2. The summed E-state index contributed by atoms with van der Waals surface area (Å²) in [6, 6.07) is 2.77. The largest absolute Gasteiger partial charge is 0.482 e. The quantitative estimate of drug-likeness (QED) is 0.810. The molecule has 8 nitrogen and oxygen atoms in total. The van der Waals surface area contributed by atoms with E-state index < -0.39 is 22.5 Å². The zero-order valence-electron chi connectivity index (χ0n) is 11.4. The minimum atomic E-state index is -3.97. The second-order valence-corrected chi connectivity index (χ2v) is 6.62. The molecule has 0 saturated heterocycles. The third-order valence-corrected chi connectivity index (χ3v) is 4.90. The molecule has 1 aromatic carbocycles. The first-order valence-corrected chi connectivity index (χ1v) is 7.41. The van der Waals surface area contributed by atoms with Gasteiger partial charge in [-0.2, -0.15) is 4.31 Å². The summed E-state index contributed by atoms with van der Waals surface area (Å²) in [7, 11) is -2.79. The van der Waals surface area contributed by atoms with Crippen LogP contribution in [0.15, 0.2) is 17.0 Å². The van der Waals surface area contributed by atoms with E-state index in [0.29, 0.717) is 11.3 Å². The second kappa shape index (κ2) is 5.34. The van der Waals surface area contributed by atoms with Crippen molar-refractivity contribution in [3.05, 3.63) is 17.7 Å². The number of carbonyl (C=O) groups excluding carboxylic acids is 1. The molecule has 1 aromatic rings. The van der Waals surface area contributed by atoms with Crippen LogP contribution in [0.1, 0.15) is 5.56 Å². The van der Waals surface area contributed by atoms with Crippen molar-refractivity contribution in [3.63, 3.8) is 0 Å². The molecular weight excluding hydrogens is 300 g/mol. The van der Waals surface area contributed by atoms with Crippen molar-refractivity contribution >= 4 is 27.6 Å². The van der Waals surface area contributed by atoms with E-state index in [1.54, 1.807) is 6.92 Å². The molecule has 2 N–H and O–H groups in total. The van der Waals surface area contributed by atoms with Crippen molar-refractivity contribution in [1.82, 2.24) is 4.31 Å². The predicted molar refractivity (Wildman–Crippen MR) is 72.8 cm³/mol. The van der Waals surface area contributed by atoms with Crippen LogP contribution in [-0.4, -0.2) is 49.9 Å². The number of aryl methyl sites for hydroxylation is 1. The smallest absolute Gasteiger partial charge is 0.318 e. The van der Waals surface area contributed by atoms with E-state index in [9.17, 15) is 18.0 Å². The molecule has 1 amide bonds. The van der Waals surface area contributed by atoms with E-state index in [0.717, 1.165) is 4.31 Å². The van der Waals surface area contributed by atoms with Crippen molar-refractivity contribution in [2.45, 2.75) is 11.8 Å². The summed E-state index contributed by atoms with van der Waals surface area (Å²) in [5, 5.41) is 11.2. The number of sulfonamides is 1. The molecule has 0 fully saturated rings. The van der Waals surface area contributed by atoms with Gasteiger partial charge in [0.05, 0.1) is 10.6 Å².